The van der Waals surface area contributed by atoms with Crippen LogP contribution in [0.15, 0.2) is 35.6 Å². The Morgan fingerprint density at radius 1 is 1.38 bits per heavy atom. The molecule has 0 aliphatic carbocycles. The molecule has 2 unspecified atom stereocenters. The van der Waals surface area contributed by atoms with E-state index in [-0.39, 0.29) is 18.0 Å². The number of aliphatic imine (C=N–C) groups is 1. The third-order valence-electron chi connectivity index (χ3n) is 5.13. The number of ether oxygens (including phenoxy) is 1. The lowest BCUT2D eigenvalue weighted by molar-refractivity contribution is 0.0890. The van der Waals surface area contributed by atoms with Crippen molar-refractivity contribution >= 4 is 5.96 Å². The largest absolute Gasteiger partial charge is 0.376 e. The van der Waals surface area contributed by atoms with E-state index in [4.69, 9.17) is 9.73 Å². The zero-order valence-corrected chi connectivity index (χ0v) is 17.3. The van der Waals surface area contributed by atoms with E-state index in [9.17, 15) is 4.39 Å². The van der Waals surface area contributed by atoms with Gasteiger partial charge in [-0.05, 0) is 43.9 Å². The fourth-order valence-electron chi connectivity index (χ4n) is 3.44. The molecule has 1 aromatic heterocycles. The van der Waals surface area contributed by atoms with Gasteiger partial charge in [0.15, 0.2) is 5.96 Å². The van der Waals surface area contributed by atoms with Crippen LogP contribution >= 0.6 is 0 Å². The Labute approximate surface area is 171 Å². The molecule has 2 heterocycles. The summed E-state index contributed by atoms with van der Waals surface area (Å²) in [4.78, 5) is 4.72. The molecule has 8 heteroatoms. The molecule has 1 aliphatic rings. The van der Waals surface area contributed by atoms with E-state index < -0.39 is 0 Å². The standard InChI is InChI=1S/C21H31FN6O/c1-3-20-27-25-15-28(20)13-12-24-21(26-16(2)19-5-4-14-29-19)23-11-10-17-6-8-18(22)9-7-17/h6-9,15-16,19H,3-5,10-14H2,1-2H3,(H2,23,24,26). The summed E-state index contributed by atoms with van der Waals surface area (Å²) in [5, 5.41) is 15.0. The Morgan fingerprint density at radius 3 is 2.93 bits per heavy atom. The van der Waals surface area contributed by atoms with E-state index >= 15 is 0 Å². The molecule has 3 rings (SSSR count). The van der Waals surface area contributed by atoms with Crippen molar-refractivity contribution in [2.24, 2.45) is 4.99 Å². The van der Waals surface area contributed by atoms with E-state index in [0.717, 1.165) is 56.2 Å². The first-order chi connectivity index (χ1) is 14.2. The Bertz CT molecular complexity index is 770. The number of benzene rings is 1. The highest BCUT2D eigenvalue weighted by molar-refractivity contribution is 5.80. The molecule has 2 aromatic rings. The maximum absolute atomic E-state index is 13.1. The van der Waals surface area contributed by atoms with E-state index in [1.165, 1.54) is 12.1 Å². The maximum atomic E-state index is 13.1. The second-order valence-electron chi connectivity index (χ2n) is 7.31. The first kappa shape index (κ1) is 21.2. The van der Waals surface area contributed by atoms with Crippen LogP contribution in [0.1, 0.15) is 38.1 Å². The second-order valence-corrected chi connectivity index (χ2v) is 7.31. The predicted molar refractivity (Wildman–Crippen MR) is 111 cm³/mol. The van der Waals surface area contributed by atoms with Gasteiger partial charge in [-0.3, -0.25) is 4.99 Å². The summed E-state index contributed by atoms with van der Waals surface area (Å²) in [5.74, 6) is 1.52. The quantitative estimate of drug-likeness (QED) is 0.497. The van der Waals surface area contributed by atoms with Gasteiger partial charge in [-0.2, -0.15) is 0 Å². The molecule has 0 radical (unpaired) electrons. The average molecular weight is 403 g/mol. The smallest absolute Gasteiger partial charge is 0.191 e. The van der Waals surface area contributed by atoms with Crippen molar-refractivity contribution in [1.29, 1.82) is 0 Å². The summed E-state index contributed by atoms with van der Waals surface area (Å²) >= 11 is 0. The third-order valence-corrected chi connectivity index (χ3v) is 5.13. The summed E-state index contributed by atoms with van der Waals surface area (Å²) in [6.07, 6.45) is 5.75. The van der Waals surface area contributed by atoms with E-state index in [1.807, 2.05) is 4.57 Å². The van der Waals surface area contributed by atoms with Crippen LogP contribution in [0, 0.1) is 5.82 Å². The highest BCUT2D eigenvalue weighted by Gasteiger charge is 2.23. The molecule has 0 bridgehead atoms. The maximum Gasteiger partial charge on any atom is 0.191 e. The SMILES string of the molecule is CCc1nncn1CCNC(=NCCc1ccc(F)cc1)NC(C)C1CCCO1. The molecule has 1 fully saturated rings. The number of nitrogens with zero attached hydrogens (tertiary/aromatic N) is 4. The normalized spacial score (nSPS) is 18.0. The van der Waals surface area contributed by atoms with Gasteiger partial charge >= 0.3 is 0 Å². The molecular weight excluding hydrogens is 371 g/mol. The average Bonchev–Trinajstić information content (AvgIpc) is 3.41. The topological polar surface area (TPSA) is 76.4 Å². The van der Waals surface area contributed by atoms with Crippen LogP contribution in [0.2, 0.25) is 0 Å². The summed E-state index contributed by atoms with van der Waals surface area (Å²) in [5.41, 5.74) is 1.07. The molecule has 7 nitrogen and oxygen atoms in total. The molecule has 0 amide bonds. The highest BCUT2D eigenvalue weighted by Crippen LogP contribution is 2.15. The molecule has 29 heavy (non-hydrogen) atoms. The molecule has 2 atom stereocenters. The minimum absolute atomic E-state index is 0.177. The summed E-state index contributed by atoms with van der Waals surface area (Å²) in [6.45, 7) is 7.12. The van der Waals surface area contributed by atoms with E-state index in [2.05, 4.69) is 34.7 Å². The molecule has 158 valence electrons. The predicted octanol–water partition coefficient (Wildman–Crippen LogP) is 2.33. The minimum atomic E-state index is -0.216. The number of nitrogens with one attached hydrogen (secondary N) is 2. The van der Waals surface area contributed by atoms with Crippen LogP contribution in [0.4, 0.5) is 4.39 Å². The molecule has 0 saturated carbocycles. The Kier molecular flexibility index (Phi) is 7.98. The number of hydrogen-bond donors (Lipinski definition) is 2. The zero-order chi connectivity index (χ0) is 20.5. The summed E-state index contributed by atoms with van der Waals surface area (Å²) in [6, 6.07) is 6.76. The number of aromatic nitrogens is 3. The van der Waals surface area contributed by atoms with Crippen LogP contribution in [0.25, 0.3) is 0 Å². The molecule has 1 saturated heterocycles. The molecule has 2 N–H and O–H groups in total. The lowest BCUT2D eigenvalue weighted by Gasteiger charge is -2.23. The molecule has 1 aliphatic heterocycles. The van der Waals surface area contributed by atoms with Gasteiger partial charge in [0, 0.05) is 32.7 Å². The third kappa shape index (κ3) is 6.52. The van der Waals surface area contributed by atoms with Crippen molar-refractivity contribution in [3.8, 4) is 0 Å². The number of hydrogen-bond acceptors (Lipinski definition) is 4. The van der Waals surface area contributed by atoms with Crippen molar-refractivity contribution in [2.45, 2.75) is 58.2 Å². The number of halogens is 1. The van der Waals surface area contributed by atoms with Gasteiger partial charge < -0.3 is 19.9 Å². The van der Waals surface area contributed by atoms with Gasteiger partial charge in [0.2, 0.25) is 0 Å². The monoisotopic (exact) mass is 402 g/mol. The molecule has 1 aromatic carbocycles. The van der Waals surface area contributed by atoms with Crippen molar-refractivity contribution in [2.75, 3.05) is 19.7 Å². The number of aryl methyl sites for hydroxylation is 1. The fourth-order valence-corrected chi connectivity index (χ4v) is 3.44. The Morgan fingerprint density at radius 2 is 2.21 bits per heavy atom. The van der Waals surface area contributed by atoms with Crippen LogP contribution in [-0.2, 0) is 24.1 Å². The number of guanidine groups is 1. The van der Waals surface area contributed by atoms with Gasteiger partial charge in [0.1, 0.15) is 18.0 Å². The first-order valence-corrected chi connectivity index (χ1v) is 10.4. The van der Waals surface area contributed by atoms with Crippen LogP contribution in [0.3, 0.4) is 0 Å². The van der Waals surface area contributed by atoms with Crippen LogP contribution in [0.5, 0.6) is 0 Å². The highest BCUT2D eigenvalue weighted by atomic mass is 19.1. The molecular formula is C21H31FN6O. The summed E-state index contributed by atoms with van der Waals surface area (Å²) < 4.78 is 20.9. The van der Waals surface area contributed by atoms with Crippen molar-refractivity contribution in [3.63, 3.8) is 0 Å². The van der Waals surface area contributed by atoms with Gasteiger partial charge in [0.05, 0.1) is 12.1 Å². The Hall–Kier alpha value is -2.48. The summed E-state index contributed by atoms with van der Waals surface area (Å²) in [7, 11) is 0. The van der Waals surface area contributed by atoms with Gasteiger partial charge in [-0.25, -0.2) is 4.39 Å². The van der Waals surface area contributed by atoms with Gasteiger partial charge in [-0.1, -0.05) is 19.1 Å². The van der Waals surface area contributed by atoms with Crippen molar-refractivity contribution < 1.29 is 9.13 Å². The van der Waals surface area contributed by atoms with Crippen molar-refractivity contribution in [3.05, 3.63) is 47.8 Å². The first-order valence-electron chi connectivity index (χ1n) is 10.4. The van der Waals surface area contributed by atoms with Gasteiger partial charge in [-0.15, -0.1) is 10.2 Å². The fraction of sp³-hybridized carbons (Fsp3) is 0.571. The van der Waals surface area contributed by atoms with Crippen molar-refractivity contribution in [1.82, 2.24) is 25.4 Å². The lowest BCUT2D eigenvalue weighted by atomic mass is 10.1. The van der Waals surface area contributed by atoms with Crippen LogP contribution in [-0.4, -0.2) is 52.6 Å². The zero-order valence-electron chi connectivity index (χ0n) is 17.3. The van der Waals surface area contributed by atoms with Gasteiger partial charge in [0.25, 0.3) is 0 Å². The minimum Gasteiger partial charge on any atom is -0.376 e. The Balaban J connectivity index is 1.56. The lowest BCUT2D eigenvalue weighted by Crippen LogP contribution is -2.47. The second kappa shape index (κ2) is 10.9. The van der Waals surface area contributed by atoms with Crippen LogP contribution < -0.4 is 10.6 Å². The van der Waals surface area contributed by atoms with E-state index in [0.29, 0.717) is 13.1 Å². The number of rotatable bonds is 9. The molecule has 0 spiro atoms. The van der Waals surface area contributed by atoms with E-state index in [1.54, 1.807) is 18.5 Å².